The lowest BCUT2D eigenvalue weighted by Gasteiger charge is -2.20. The Morgan fingerprint density at radius 1 is 1.23 bits per heavy atom. The summed E-state index contributed by atoms with van der Waals surface area (Å²) in [7, 11) is 1.63. The van der Waals surface area contributed by atoms with E-state index in [9.17, 15) is 9.18 Å². The molecule has 0 aliphatic rings. The highest BCUT2D eigenvalue weighted by Crippen LogP contribution is 2.26. The van der Waals surface area contributed by atoms with Crippen molar-refractivity contribution in [3.63, 3.8) is 0 Å². The molecule has 5 nitrogen and oxygen atoms in total. The summed E-state index contributed by atoms with van der Waals surface area (Å²) in [5.41, 5.74) is 8.55. The van der Waals surface area contributed by atoms with E-state index in [0.717, 1.165) is 11.1 Å². The van der Waals surface area contributed by atoms with Crippen LogP contribution in [0.1, 0.15) is 18.9 Å². The zero-order valence-corrected chi connectivity index (χ0v) is 18.3. The molecular formula is C23H30ClFN2O3. The summed E-state index contributed by atoms with van der Waals surface area (Å²) >= 11 is 5.98. The van der Waals surface area contributed by atoms with Gasteiger partial charge < -0.3 is 20.5 Å². The second kappa shape index (κ2) is 12.6. The van der Waals surface area contributed by atoms with E-state index in [4.69, 9.17) is 26.8 Å². The van der Waals surface area contributed by atoms with Gasteiger partial charge in [-0.15, -0.1) is 0 Å². The van der Waals surface area contributed by atoms with Gasteiger partial charge in [0.2, 0.25) is 0 Å². The van der Waals surface area contributed by atoms with Gasteiger partial charge in [0.1, 0.15) is 5.82 Å². The van der Waals surface area contributed by atoms with E-state index in [1.807, 2.05) is 24.3 Å². The number of nitrogens with two attached hydrogens (primary N) is 1. The molecule has 2 atom stereocenters. The van der Waals surface area contributed by atoms with Crippen LogP contribution in [0.4, 0.5) is 4.39 Å². The third-order valence-corrected chi connectivity index (χ3v) is 5.01. The number of carbonyl (C=O) groups excluding carboxylic acids is 1. The van der Waals surface area contributed by atoms with E-state index in [0.29, 0.717) is 49.7 Å². The average Bonchev–Trinajstić information content (AvgIpc) is 2.73. The molecule has 164 valence electrons. The molecule has 30 heavy (non-hydrogen) atoms. The van der Waals surface area contributed by atoms with Gasteiger partial charge in [0.15, 0.2) is 0 Å². The van der Waals surface area contributed by atoms with Crippen molar-refractivity contribution in [3.8, 4) is 11.1 Å². The molecule has 0 radical (unpaired) electrons. The van der Waals surface area contributed by atoms with Crippen LogP contribution in [-0.2, 0) is 20.7 Å². The number of nitrogens with one attached hydrogen (secondary N) is 1. The Bertz CT molecular complexity index is 802. The number of ether oxygens (including phenoxy) is 2. The van der Waals surface area contributed by atoms with Crippen molar-refractivity contribution in [2.24, 2.45) is 11.7 Å². The van der Waals surface area contributed by atoms with Crippen molar-refractivity contribution in [3.05, 3.63) is 58.9 Å². The van der Waals surface area contributed by atoms with Gasteiger partial charge in [0.25, 0.3) is 0 Å². The topological polar surface area (TPSA) is 73.6 Å². The Morgan fingerprint density at radius 2 is 1.97 bits per heavy atom. The van der Waals surface area contributed by atoms with Gasteiger partial charge in [-0.3, -0.25) is 4.79 Å². The van der Waals surface area contributed by atoms with Gasteiger partial charge in [0, 0.05) is 36.8 Å². The van der Waals surface area contributed by atoms with Gasteiger partial charge in [-0.05, 0) is 49.1 Å². The number of halogens is 2. The molecule has 3 N–H and O–H groups in total. The molecule has 0 bridgehead atoms. The fourth-order valence-corrected chi connectivity index (χ4v) is 3.44. The van der Waals surface area contributed by atoms with Crippen molar-refractivity contribution in [2.75, 3.05) is 33.4 Å². The molecule has 0 aliphatic carbocycles. The molecule has 0 saturated heterocycles. The first-order valence-electron chi connectivity index (χ1n) is 10.1. The molecule has 0 fully saturated rings. The number of hydrogen-bond donors (Lipinski definition) is 2. The molecule has 0 aliphatic heterocycles. The number of esters is 1. The number of benzene rings is 2. The zero-order valence-electron chi connectivity index (χ0n) is 17.5. The predicted octanol–water partition coefficient (Wildman–Crippen LogP) is 3.82. The van der Waals surface area contributed by atoms with E-state index in [-0.39, 0.29) is 23.7 Å². The van der Waals surface area contributed by atoms with Gasteiger partial charge in [-0.1, -0.05) is 35.9 Å². The Balaban J connectivity index is 1.98. The highest BCUT2D eigenvalue weighted by Gasteiger charge is 2.22. The molecule has 7 heteroatoms. The third-order valence-electron chi connectivity index (χ3n) is 4.77. The fraction of sp³-hybridized carbons (Fsp3) is 0.435. The summed E-state index contributed by atoms with van der Waals surface area (Å²) in [4.78, 5) is 12.3. The van der Waals surface area contributed by atoms with E-state index in [1.54, 1.807) is 20.1 Å². The lowest BCUT2D eigenvalue weighted by Crippen LogP contribution is -2.37. The molecule has 2 aromatic carbocycles. The first kappa shape index (κ1) is 24.3. The van der Waals surface area contributed by atoms with Crippen LogP contribution in [0.2, 0.25) is 5.02 Å². The number of rotatable bonds is 12. The summed E-state index contributed by atoms with van der Waals surface area (Å²) in [5.74, 6) is -0.886. The van der Waals surface area contributed by atoms with Crippen molar-refractivity contribution < 1.29 is 18.7 Å². The lowest BCUT2D eigenvalue weighted by atomic mass is 9.94. The minimum atomic E-state index is -0.323. The van der Waals surface area contributed by atoms with E-state index in [1.165, 1.54) is 12.1 Å². The Kier molecular flexibility index (Phi) is 10.2. The van der Waals surface area contributed by atoms with Crippen LogP contribution < -0.4 is 11.1 Å². The van der Waals surface area contributed by atoms with Crippen molar-refractivity contribution >= 4 is 17.6 Å². The normalized spacial score (nSPS) is 13.1. The van der Waals surface area contributed by atoms with Crippen molar-refractivity contribution in [1.82, 2.24) is 5.32 Å². The number of carbonyl (C=O) groups is 1. The zero-order chi connectivity index (χ0) is 21.9. The Labute approximate surface area is 182 Å². The highest BCUT2D eigenvalue weighted by molar-refractivity contribution is 6.30. The van der Waals surface area contributed by atoms with Gasteiger partial charge >= 0.3 is 5.97 Å². The minimum Gasteiger partial charge on any atom is -0.466 e. The summed E-state index contributed by atoms with van der Waals surface area (Å²) < 4.78 is 24.3. The maximum Gasteiger partial charge on any atom is 0.310 e. The largest absolute Gasteiger partial charge is 0.466 e. The summed E-state index contributed by atoms with van der Waals surface area (Å²) in [6.07, 6.45) is 1.11. The average molecular weight is 437 g/mol. The second-order valence-corrected chi connectivity index (χ2v) is 7.60. The summed E-state index contributed by atoms with van der Waals surface area (Å²) in [6, 6.07) is 11.8. The third kappa shape index (κ3) is 7.69. The predicted molar refractivity (Wildman–Crippen MR) is 118 cm³/mol. The standard InChI is InChI=1S/C23H30ClFN2O3/c1-3-30-23(28)18(15-27-10-11-29-2)13-20(26)12-16-4-6-17(7-5-16)21-14-19(24)8-9-22(21)25/h4-9,14,18,20,27H,3,10-13,15,26H2,1-2H3/t18?,20-/m1/s1. The van der Waals surface area contributed by atoms with E-state index >= 15 is 0 Å². The molecule has 0 spiro atoms. The molecule has 0 saturated carbocycles. The number of methoxy groups -OCH3 is 1. The smallest absolute Gasteiger partial charge is 0.310 e. The van der Waals surface area contributed by atoms with Crippen molar-refractivity contribution in [1.29, 1.82) is 0 Å². The van der Waals surface area contributed by atoms with Crippen LogP contribution in [-0.4, -0.2) is 45.4 Å². The Hall–Kier alpha value is -1.99. The number of hydrogen-bond acceptors (Lipinski definition) is 5. The van der Waals surface area contributed by atoms with E-state index < -0.39 is 0 Å². The monoisotopic (exact) mass is 436 g/mol. The SMILES string of the molecule is CCOC(=O)C(CNCCOC)C[C@H](N)Cc1ccc(-c2cc(Cl)ccc2F)cc1. The molecule has 2 aromatic rings. The maximum absolute atomic E-state index is 14.1. The molecule has 0 aromatic heterocycles. The van der Waals surface area contributed by atoms with Gasteiger partial charge in [0.05, 0.1) is 19.1 Å². The van der Waals surface area contributed by atoms with Gasteiger partial charge in [-0.2, -0.15) is 0 Å². The first-order chi connectivity index (χ1) is 14.4. The summed E-state index contributed by atoms with van der Waals surface area (Å²) in [6.45, 7) is 3.84. The Morgan fingerprint density at radius 3 is 2.63 bits per heavy atom. The quantitative estimate of drug-likeness (QED) is 0.391. The van der Waals surface area contributed by atoms with Crippen LogP contribution in [0.3, 0.4) is 0 Å². The van der Waals surface area contributed by atoms with Crippen molar-refractivity contribution in [2.45, 2.75) is 25.8 Å². The van der Waals surface area contributed by atoms with Crippen LogP contribution in [0.15, 0.2) is 42.5 Å². The second-order valence-electron chi connectivity index (χ2n) is 7.17. The maximum atomic E-state index is 14.1. The van der Waals surface area contributed by atoms with Crippen LogP contribution in [0.25, 0.3) is 11.1 Å². The lowest BCUT2D eigenvalue weighted by molar-refractivity contribution is -0.148. The molecule has 0 heterocycles. The van der Waals surface area contributed by atoms with Crippen LogP contribution in [0.5, 0.6) is 0 Å². The molecule has 0 amide bonds. The highest BCUT2D eigenvalue weighted by atomic mass is 35.5. The molecule has 1 unspecified atom stereocenters. The summed E-state index contributed by atoms with van der Waals surface area (Å²) in [5, 5.41) is 3.69. The molecule has 2 rings (SSSR count). The van der Waals surface area contributed by atoms with E-state index in [2.05, 4.69) is 5.32 Å². The van der Waals surface area contributed by atoms with Crippen LogP contribution >= 0.6 is 11.6 Å². The fourth-order valence-electron chi connectivity index (χ4n) is 3.26. The first-order valence-corrected chi connectivity index (χ1v) is 10.5. The molecular weight excluding hydrogens is 407 g/mol. The van der Waals surface area contributed by atoms with Gasteiger partial charge in [-0.25, -0.2) is 4.39 Å². The minimum absolute atomic E-state index is 0.211. The van der Waals surface area contributed by atoms with Crippen LogP contribution in [0, 0.1) is 11.7 Å².